The SMILES string of the molecule is CC(=O)c1cc2c(cc1NC(=O)COC(=O)c1cnn(C)c1C)OCO2. The van der Waals surface area contributed by atoms with Crippen molar-refractivity contribution in [1.29, 1.82) is 0 Å². The maximum Gasteiger partial charge on any atom is 0.342 e. The molecule has 1 aliphatic rings. The summed E-state index contributed by atoms with van der Waals surface area (Å²) >= 11 is 0. The van der Waals surface area contributed by atoms with Crippen LogP contribution in [0, 0.1) is 6.92 Å². The van der Waals surface area contributed by atoms with Crippen LogP contribution >= 0.6 is 0 Å². The molecule has 0 spiro atoms. The Bertz CT molecular complexity index is 902. The van der Waals surface area contributed by atoms with Crippen molar-refractivity contribution in [2.45, 2.75) is 13.8 Å². The molecule has 26 heavy (non-hydrogen) atoms. The first-order chi connectivity index (χ1) is 12.4. The van der Waals surface area contributed by atoms with Gasteiger partial charge in [0, 0.05) is 24.4 Å². The molecule has 1 aromatic carbocycles. The first kappa shape index (κ1) is 17.5. The molecule has 1 aromatic heterocycles. The van der Waals surface area contributed by atoms with Gasteiger partial charge in [0.25, 0.3) is 5.91 Å². The third-order valence-corrected chi connectivity index (χ3v) is 3.96. The standard InChI is InChI=1S/C17H17N3O6/c1-9-12(6-18-20(9)3)17(23)24-7-16(22)19-13-5-15-14(25-8-26-15)4-11(13)10(2)21/h4-6H,7-8H2,1-3H3,(H,19,22). The lowest BCUT2D eigenvalue weighted by molar-refractivity contribution is -0.119. The molecule has 0 radical (unpaired) electrons. The maximum atomic E-state index is 12.1. The second-order valence-corrected chi connectivity index (χ2v) is 5.70. The van der Waals surface area contributed by atoms with Gasteiger partial charge in [-0.1, -0.05) is 0 Å². The third-order valence-electron chi connectivity index (χ3n) is 3.96. The van der Waals surface area contributed by atoms with Crippen LogP contribution in [0.5, 0.6) is 11.5 Å². The average Bonchev–Trinajstić information content (AvgIpc) is 3.18. The Morgan fingerprint density at radius 1 is 1.23 bits per heavy atom. The number of fused-ring (bicyclic) bond motifs is 1. The molecule has 0 unspecified atom stereocenters. The molecule has 9 heteroatoms. The zero-order valence-corrected chi connectivity index (χ0v) is 14.5. The zero-order chi connectivity index (χ0) is 18.8. The number of rotatable bonds is 5. The zero-order valence-electron chi connectivity index (χ0n) is 14.5. The molecule has 0 saturated heterocycles. The number of hydrogen-bond donors (Lipinski definition) is 1. The summed E-state index contributed by atoms with van der Waals surface area (Å²) in [4.78, 5) is 35.9. The van der Waals surface area contributed by atoms with Gasteiger partial charge in [0.05, 0.1) is 11.9 Å². The second kappa shape index (κ2) is 6.87. The predicted molar refractivity (Wildman–Crippen MR) is 89.4 cm³/mol. The first-order valence-corrected chi connectivity index (χ1v) is 7.77. The number of carbonyl (C=O) groups excluding carboxylic acids is 3. The summed E-state index contributed by atoms with van der Waals surface area (Å²) < 4.78 is 17.0. The lowest BCUT2D eigenvalue weighted by Gasteiger charge is -2.11. The molecule has 1 aliphatic heterocycles. The van der Waals surface area contributed by atoms with Crippen LogP contribution in [-0.2, 0) is 16.6 Å². The topological polar surface area (TPSA) is 109 Å². The fourth-order valence-corrected chi connectivity index (χ4v) is 2.43. The molecule has 2 heterocycles. The fourth-order valence-electron chi connectivity index (χ4n) is 2.43. The number of anilines is 1. The van der Waals surface area contributed by atoms with Crippen molar-refractivity contribution < 1.29 is 28.6 Å². The Labute approximate surface area is 148 Å². The number of nitrogens with zero attached hydrogens (tertiary/aromatic N) is 2. The lowest BCUT2D eigenvalue weighted by Crippen LogP contribution is -2.22. The number of hydrogen-bond acceptors (Lipinski definition) is 7. The van der Waals surface area contributed by atoms with Crippen molar-refractivity contribution in [2.24, 2.45) is 7.05 Å². The molecule has 136 valence electrons. The van der Waals surface area contributed by atoms with Crippen molar-refractivity contribution in [3.05, 3.63) is 35.2 Å². The van der Waals surface area contributed by atoms with E-state index in [-0.39, 0.29) is 29.4 Å². The van der Waals surface area contributed by atoms with Gasteiger partial charge in [0.15, 0.2) is 23.9 Å². The van der Waals surface area contributed by atoms with E-state index in [1.54, 1.807) is 14.0 Å². The van der Waals surface area contributed by atoms with Gasteiger partial charge in [-0.3, -0.25) is 14.3 Å². The smallest absolute Gasteiger partial charge is 0.342 e. The Morgan fingerprint density at radius 3 is 2.54 bits per heavy atom. The predicted octanol–water partition coefficient (Wildman–Crippen LogP) is 1.46. The molecule has 0 fully saturated rings. The van der Waals surface area contributed by atoms with Gasteiger partial charge in [-0.15, -0.1) is 0 Å². The highest BCUT2D eigenvalue weighted by molar-refractivity contribution is 6.05. The second-order valence-electron chi connectivity index (χ2n) is 5.70. The molecule has 9 nitrogen and oxygen atoms in total. The molecule has 1 amide bonds. The summed E-state index contributed by atoms with van der Waals surface area (Å²) in [6.45, 7) is 2.64. The summed E-state index contributed by atoms with van der Waals surface area (Å²) in [6.07, 6.45) is 1.38. The van der Waals surface area contributed by atoms with Crippen LogP contribution < -0.4 is 14.8 Å². The monoisotopic (exact) mass is 359 g/mol. The number of aromatic nitrogens is 2. The molecule has 0 aliphatic carbocycles. The first-order valence-electron chi connectivity index (χ1n) is 7.77. The minimum Gasteiger partial charge on any atom is -0.454 e. The summed E-state index contributed by atoms with van der Waals surface area (Å²) in [6, 6.07) is 3.01. The number of amides is 1. The Balaban J connectivity index is 1.68. The summed E-state index contributed by atoms with van der Waals surface area (Å²) in [7, 11) is 1.70. The summed E-state index contributed by atoms with van der Waals surface area (Å²) in [5.41, 5.74) is 1.45. The number of carbonyl (C=O) groups is 3. The minimum atomic E-state index is -0.650. The van der Waals surface area contributed by atoms with Gasteiger partial charge in [0.1, 0.15) is 5.56 Å². The van der Waals surface area contributed by atoms with E-state index in [1.807, 2.05) is 0 Å². The Kier molecular flexibility index (Phi) is 4.61. The maximum absolute atomic E-state index is 12.1. The van der Waals surface area contributed by atoms with Crippen LogP contribution in [0.15, 0.2) is 18.3 Å². The fraction of sp³-hybridized carbons (Fsp3) is 0.294. The van der Waals surface area contributed by atoms with E-state index >= 15 is 0 Å². The van der Waals surface area contributed by atoms with E-state index in [4.69, 9.17) is 14.2 Å². The number of ketones is 1. The highest BCUT2D eigenvalue weighted by atomic mass is 16.7. The third kappa shape index (κ3) is 3.37. The number of esters is 1. The molecule has 3 rings (SSSR count). The highest BCUT2D eigenvalue weighted by Gasteiger charge is 2.21. The van der Waals surface area contributed by atoms with Crippen LogP contribution in [0.25, 0.3) is 0 Å². The molecule has 0 atom stereocenters. The number of aryl methyl sites for hydroxylation is 1. The van der Waals surface area contributed by atoms with Crippen molar-refractivity contribution in [2.75, 3.05) is 18.7 Å². The van der Waals surface area contributed by atoms with Crippen LogP contribution in [0.2, 0.25) is 0 Å². The quantitative estimate of drug-likeness (QED) is 0.636. The molecular weight excluding hydrogens is 342 g/mol. The lowest BCUT2D eigenvalue weighted by atomic mass is 10.1. The average molecular weight is 359 g/mol. The number of Topliss-reactive ketones (excluding diaryl/α,β-unsaturated/α-hetero) is 1. The molecule has 0 saturated carbocycles. The van der Waals surface area contributed by atoms with Gasteiger partial charge in [-0.05, 0) is 19.9 Å². The van der Waals surface area contributed by atoms with E-state index in [0.29, 0.717) is 17.2 Å². The van der Waals surface area contributed by atoms with Crippen molar-refractivity contribution in [3.8, 4) is 11.5 Å². The van der Waals surface area contributed by atoms with Gasteiger partial charge in [-0.2, -0.15) is 5.10 Å². The van der Waals surface area contributed by atoms with Crippen LogP contribution in [-0.4, -0.2) is 40.8 Å². The normalized spacial score (nSPS) is 12.0. The van der Waals surface area contributed by atoms with Crippen molar-refractivity contribution in [3.63, 3.8) is 0 Å². The van der Waals surface area contributed by atoms with Gasteiger partial charge in [-0.25, -0.2) is 4.79 Å². The van der Waals surface area contributed by atoms with Gasteiger partial charge in [0.2, 0.25) is 6.79 Å². The Hall–Kier alpha value is -3.36. The molecule has 2 aromatic rings. The molecule has 0 bridgehead atoms. The number of benzene rings is 1. The van der Waals surface area contributed by atoms with E-state index in [0.717, 1.165) is 0 Å². The van der Waals surface area contributed by atoms with Crippen molar-refractivity contribution >= 4 is 23.3 Å². The van der Waals surface area contributed by atoms with E-state index in [2.05, 4.69) is 10.4 Å². The number of ether oxygens (including phenoxy) is 3. The summed E-state index contributed by atoms with van der Waals surface area (Å²) in [5.74, 6) is -0.619. The number of nitrogens with one attached hydrogen (secondary N) is 1. The largest absolute Gasteiger partial charge is 0.454 e. The Morgan fingerprint density at radius 2 is 1.92 bits per heavy atom. The highest BCUT2D eigenvalue weighted by Crippen LogP contribution is 2.37. The minimum absolute atomic E-state index is 0.0478. The van der Waals surface area contributed by atoms with Crippen LogP contribution in [0.1, 0.15) is 33.3 Å². The van der Waals surface area contributed by atoms with Crippen molar-refractivity contribution in [1.82, 2.24) is 9.78 Å². The van der Waals surface area contributed by atoms with Crippen LogP contribution in [0.3, 0.4) is 0 Å². The van der Waals surface area contributed by atoms with E-state index in [9.17, 15) is 14.4 Å². The van der Waals surface area contributed by atoms with Crippen LogP contribution in [0.4, 0.5) is 5.69 Å². The van der Waals surface area contributed by atoms with E-state index < -0.39 is 18.5 Å². The van der Waals surface area contributed by atoms with Gasteiger partial charge >= 0.3 is 5.97 Å². The van der Waals surface area contributed by atoms with Gasteiger partial charge < -0.3 is 19.5 Å². The summed E-state index contributed by atoms with van der Waals surface area (Å²) in [5, 5.41) is 6.50. The molecule has 1 N–H and O–H groups in total. The molecular formula is C17H17N3O6. The van der Waals surface area contributed by atoms with E-state index in [1.165, 1.54) is 29.9 Å².